The van der Waals surface area contributed by atoms with Gasteiger partial charge in [0.25, 0.3) is 10.1 Å². The van der Waals surface area contributed by atoms with Crippen molar-refractivity contribution in [3.63, 3.8) is 0 Å². The molecule has 6 nitrogen and oxygen atoms in total. The molecule has 2 atom stereocenters. The second-order valence-corrected chi connectivity index (χ2v) is 8.12. The summed E-state index contributed by atoms with van der Waals surface area (Å²) in [5, 5.41) is 4.32. The number of hydrogen-bond donors (Lipinski definition) is 2. The molecule has 4 rings (SSSR count). The number of anilines is 1. The zero-order valence-electron chi connectivity index (χ0n) is 13.1. The fourth-order valence-electron chi connectivity index (χ4n) is 2.84. The number of aromatic nitrogens is 1. The summed E-state index contributed by atoms with van der Waals surface area (Å²) in [6.45, 7) is 3.28. The molecule has 0 bridgehead atoms. The normalized spacial score (nSPS) is 21.8. The fraction of sp³-hybridized carbons (Fsp3) is 0.312. The quantitative estimate of drug-likeness (QED) is 0.594. The molecule has 0 unspecified atom stereocenters. The van der Waals surface area contributed by atoms with Gasteiger partial charge < -0.3 is 10.2 Å². The Bertz CT molecular complexity index is 837. The second-order valence-electron chi connectivity index (χ2n) is 5.93. The highest BCUT2D eigenvalue weighted by atomic mass is 35.5. The van der Waals surface area contributed by atoms with Crippen LogP contribution in [-0.2, 0) is 10.1 Å². The van der Waals surface area contributed by atoms with Gasteiger partial charge in [-0.3, -0.25) is 4.55 Å². The van der Waals surface area contributed by atoms with Crippen molar-refractivity contribution >= 4 is 39.0 Å². The Balaban J connectivity index is 0.000000160. The van der Waals surface area contributed by atoms with Gasteiger partial charge in [-0.25, -0.2) is 4.98 Å². The molecule has 2 N–H and O–H groups in total. The van der Waals surface area contributed by atoms with Gasteiger partial charge in [-0.2, -0.15) is 8.42 Å². The minimum absolute atomic E-state index is 0.0741. The van der Waals surface area contributed by atoms with Crippen molar-refractivity contribution in [2.45, 2.75) is 10.9 Å². The fourth-order valence-corrected chi connectivity index (χ4v) is 3.60. The monoisotopic (exact) mass is 401 g/mol. The van der Waals surface area contributed by atoms with Crippen LogP contribution in [0.5, 0.6) is 0 Å². The van der Waals surface area contributed by atoms with E-state index in [1.165, 1.54) is 12.1 Å². The van der Waals surface area contributed by atoms with Gasteiger partial charge in [0.05, 0.1) is 21.8 Å². The smallest absolute Gasteiger partial charge is 0.294 e. The molecule has 0 aliphatic carbocycles. The van der Waals surface area contributed by atoms with Crippen molar-refractivity contribution in [2.75, 3.05) is 24.5 Å². The van der Waals surface area contributed by atoms with Crippen LogP contribution in [0.15, 0.2) is 47.5 Å². The second kappa shape index (κ2) is 7.47. The Hall–Kier alpha value is -1.38. The van der Waals surface area contributed by atoms with Crippen LogP contribution < -0.4 is 10.2 Å². The van der Waals surface area contributed by atoms with E-state index in [0.29, 0.717) is 16.2 Å². The summed E-state index contributed by atoms with van der Waals surface area (Å²) in [5.41, 5.74) is 1.07. The Kier molecular flexibility index (Phi) is 5.50. The molecule has 134 valence electrons. The maximum absolute atomic E-state index is 10.4. The summed E-state index contributed by atoms with van der Waals surface area (Å²) < 4.78 is 29.2. The van der Waals surface area contributed by atoms with Crippen molar-refractivity contribution in [3.05, 3.63) is 52.8 Å². The predicted octanol–water partition coefficient (Wildman–Crippen LogP) is 2.73. The zero-order valence-corrected chi connectivity index (χ0v) is 15.5. The molecule has 0 spiro atoms. The van der Waals surface area contributed by atoms with Crippen LogP contribution in [0.1, 0.15) is 0 Å². The molecular weight excluding hydrogens is 385 g/mol. The number of nitrogens with zero attached hydrogens (tertiary/aromatic N) is 2. The molecule has 0 radical (unpaired) electrons. The number of pyridine rings is 1. The SMILES string of the molecule is Clc1cc(N2C[C@@H]3CN[C@@H]3C2)cnc1Cl.O=S(=O)(O)c1ccccc1. The first-order valence-electron chi connectivity index (χ1n) is 7.66. The van der Waals surface area contributed by atoms with Gasteiger partial charge in [-0.15, -0.1) is 0 Å². The van der Waals surface area contributed by atoms with Crippen LogP contribution in [0.4, 0.5) is 5.69 Å². The Labute approximate surface area is 156 Å². The Morgan fingerprint density at radius 2 is 1.92 bits per heavy atom. The summed E-state index contributed by atoms with van der Waals surface area (Å²) in [6.07, 6.45) is 1.79. The van der Waals surface area contributed by atoms with E-state index >= 15 is 0 Å². The Morgan fingerprint density at radius 1 is 1.20 bits per heavy atom. The standard InChI is InChI=1S/C10H11Cl2N3.C6H6O3S/c11-8-1-7(3-14-10(8)12)15-4-6-2-13-9(6)5-15;7-10(8,9)6-4-2-1-3-5-6/h1,3,6,9,13H,2,4-5H2;1-5H,(H,7,8,9)/t6-,9+;/m0./s1. The lowest BCUT2D eigenvalue weighted by atomic mass is 9.96. The van der Waals surface area contributed by atoms with Gasteiger partial charge in [-0.1, -0.05) is 41.4 Å². The minimum atomic E-state index is -4.00. The summed E-state index contributed by atoms with van der Waals surface area (Å²) in [4.78, 5) is 6.30. The van der Waals surface area contributed by atoms with E-state index in [1.54, 1.807) is 24.4 Å². The van der Waals surface area contributed by atoms with Crippen LogP contribution in [0, 0.1) is 5.92 Å². The number of halogens is 2. The molecule has 3 heterocycles. The van der Waals surface area contributed by atoms with Gasteiger partial charge in [0, 0.05) is 31.6 Å². The molecule has 0 saturated carbocycles. The minimum Gasteiger partial charge on any atom is -0.368 e. The average Bonchev–Trinajstić information content (AvgIpc) is 2.86. The summed E-state index contributed by atoms with van der Waals surface area (Å²) in [6, 6.07) is 9.96. The topological polar surface area (TPSA) is 82.5 Å². The van der Waals surface area contributed by atoms with Crippen molar-refractivity contribution in [1.82, 2.24) is 10.3 Å². The van der Waals surface area contributed by atoms with Gasteiger partial charge >= 0.3 is 0 Å². The summed E-state index contributed by atoms with van der Waals surface area (Å²) in [5.74, 6) is 0.791. The van der Waals surface area contributed by atoms with Gasteiger partial charge in [0.2, 0.25) is 0 Å². The van der Waals surface area contributed by atoms with Crippen LogP contribution in [0.3, 0.4) is 0 Å². The van der Waals surface area contributed by atoms with Crippen LogP contribution >= 0.6 is 23.2 Å². The number of benzene rings is 1. The zero-order chi connectivity index (χ0) is 18.0. The first kappa shape index (κ1) is 18.4. The lowest BCUT2D eigenvalue weighted by Crippen LogP contribution is -2.51. The van der Waals surface area contributed by atoms with Crippen molar-refractivity contribution in [3.8, 4) is 0 Å². The summed E-state index contributed by atoms with van der Waals surface area (Å²) in [7, 11) is -4.00. The molecule has 2 aliphatic rings. The van der Waals surface area contributed by atoms with Crippen LogP contribution in [-0.4, -0.2) is 43.6 Å². The van der Waals surface area contributed by atoms with Gasteiger partial charge in [0.1, 0.15) is 5.15 Å². The van der Waals surface area contributed by atoms with Crippen molar-refractivity contribution < 1.29 is 13.0 Å². The van der Waals surface area contributed by atoms with Crippen molar-refractivity contribution in [1.29, 1.82) is 0 Å². The van der Waals surface area contributed by atoms with E-state index in [9.17, 15) is 8.42 Å². The third-order valence-electron chi connectivity index (χ3n) is 4.27. The molecule has 2 aliphatic heterocycles. The molecule has 0 amide bonds. The Morgan fingerprint density at radius 3 is 2.36 bits per heavy atom. The number of fused-ring (bicyclic) bond motifs is 1. The largest absolute Gasteiger partial charge is 0.368 e. The van der Waals surface area contributed by atoms with Crippen LogP contribution in [0.25, 0.3) is 0 Å². The number of hydrogen-bond acceptors (Lipinski definition) is 5. The van der Waals surface area contributed by atoms with E-state index in [2.05, 4.69) is 15.2 Å². The number of nitrogens with one attached hydrogen (secondary N) is 1. The molecule has 2 saturated heterocycles. The van der Waals surface area contributed by atoms with Crippen LogP contribution in [0.2, 0.25) is 10.2 Å². The maximum atomic E-state index is 10.4. The van der Waals surface area contributed by atoms with Gasteiger partial charge in [0.15, 0.2) is 0 Å². The van der Waals surface area contributed by atoms with E-state index < -0.39 is 10.1 Å². The molecule has 9 heteroatoms. The highest BCUT2D eigenvalue weighted by Gasteiger charge is 2.39. The van der Waals surface area contributed by atoms with E-state index in [0.717, 1.165) is 31.2 Å². The predicted molar refractivity (Wildman–Crippen MR) is 98.0 cm³/mol. The van der Waals surface area contributed by atoms with Gasteiger partial charge in [-0.05, 0) is 18.2 Å². The number of rotatable bonds is 2. The van der Waals surface area contributed by atoms with E-state index in [4.69, 9.17) is 27.8 Å². The van der Waals surface area contributed by atoms with Crippen molar-refractivity contribution in [2.24, 2.45) is 5.92 Å². The average molecular weight is 402 g/mol. The maximum Gasteiger partial charge on any atom is 0.294 e. The summed E-state index contributed by atoms with van der Waals surface area (Å²) >= 11 is 11.7. The lowest BCUT2D eigenvalue weighted by molar-refractivity contribution is 0.297. The third-order valence-corrected chi connectivity index (χ3v) is 5.83. The van der Waals surface area contributed by atoms with E-state index in [-0.39, 0.29) is 4.90 Å². The molecular formula is C16H17Cl2N3O3S. The first-order valence-corrected chi connectivity index (χ1v) is 9.86. The molecule has 1 aromatic heterocycles. The molecule has 1 aromatic carbocycles. The third kappa shape index (κ3) is 4.43. The highest BCUT2D eigenvalue weighted by molar-refractivity contribution is 7.85. The highest BCUT2D eigenvalue weighted by Crippen LogP contribution is 2.30. The first-order chi connectivity index (χ1) is 11.8. The molecule has 2 aromatic rings. The lowest BCUT2D eigenvalue weighted by Gasteiger charge is -2.29. The van der Waals surface area contributed by atoms with E-state index in [1.807, 2.05) is 6.07 Å². The molecule has 25 heavy (non-hydrogen) atoms. The molecule has 2 fully saturated rings.